The van der Waals surface area contributed by atoms with Gasteiger partial charge in [0, 0.05) is 6.92 Å². The van der Waals surface area contributed by atoms with Crippen molar-refractivity contribution in [3.8, 4) is 0 Å². The van der Waals surface area contributed by atoms with Crippen molar-refractivity contribution in [2.75, 3.05) is 0 Å². The number of carbonyl (C=O) groups is 2. The predicted molar refractivity (Wildman–Crippen MR) is 52.6 cm³/mol. The molecule has 0 amide bonds. The molecule has 0 spiro atoms. The van der Waals surface area contributed by atoms with E-state index in [1.54, 1.807) is 12.2 Å². The van der Waals surface area contributed by atoms with Crippen molar-refractivity contribution in [3.63, 3.8) is 0 Å². The van der Waals surface area contributed by atoms with Gasteiger partial charge in [0.2, 0.25) is 0 Å². The highest BCUT2D eigenvalue weighted by Gasteiger charge is 2.29. The molecule has 0 radical (unpaired) electrons. The fourth-order valence-electron chi connectivity index (χ4n) is 1.37. The van der Waals surface area contributed by atoms with Crippen LogP contribution >= 0.6 is 0 Å². The summed E-state index contributed by atoms with van der Waals surface area (Å²) in [6.07, 6.45) is 7.27. The largest absolute Gasteiger partial charge is 0.457 e. The lowest BCUT2D eigenvalue weighted by Crippen LogP contribution is -2.23. The summed E-state index contributed by atoms with van der Waals surface area (Å²) in [5.74, 6) is -0.677. The standard InChI is InChI=1S/C11H14O3/c1-3-4-5-9-10(13)6-7-11(9)14-8(2)12/h4-7,9,11H,3H2,1-2H3/b5-4-. The van der Waals surface area contributed by atoms with Gasteiger partial charge in [0.25, 0.3) is 0 Å². The number of hydrogen-bond acceptors (Lipinski definition) is 3. The van der Waals surface area contributed by atoms with E-state index in [0.717, 1.165) is 6.42 Å². The van der Waals surface area contributed by atoms with Gasteiger partial charge in [-0.1, -0.05) is 19.1 Å². The molecular formula is C11H14O3. The second-order valence-electron chi connectivity index (χ2n) is 3.20. The lowest BCUT2D eigenvalue weighted by Gasteiger charge is -2.14. The molecule has 0 heterocycles. The minimum absolute atomic E-state index is 0.000880. The number of esters is 1. The van der Waals surface area contributed by atoms with E-state index in [0.29, 0.717) is 0 Å². The Labute approximate surface area is 83.4 Å². The summed E-state index contributed by atoms with van der Waals surface area (Å²) in [7, 11) is 0. The smallest absolute Gasteiger partial charge is 0.303 e. The van der Waals surface area contributed by atoms with Crippen molar-refractivity contribution in [1.82, 2.24) is 0 Å². The van der Waals surface area contributed by atoms with Crippen molar-refractivity contribution in [1.29, 1.82) is 0 Å². The molecule has 14 heavy (non-hydrogen) atoms. The third-order valence-corrected chi connectivity index (χ3v) is 2.01. The predicted octanol–water partition coefficient (Wildman–Crippen LogP) is 1.64. The average molecular weight is 194 g/mol. The number of carbonyl (C=O) groups excluding carboxylic acids is 2. The number of rotatable bonds is 3. The van der Waals surface area contributed by atoms with Gasteiger partial charge in [-0.3, -0.25) is 9.59 Å². The van der Waals surface area contributed by atoms with E-state index >= 15 is 0 Å². The van der Waals surface area contributed by atoms with E-state index in [4.69, 9.17) is 4.74 Å². The van der Waals surface area contributed by atoms with Gasteiger partial charge in [-0.2, -0.15) is 0 Å². The SMILES string of the molecule is CC/C=C\C1C(=O)C=CC1OC(C)=O. The molecule has 0 aliphatic heterocycles. The molecule has 1 aliphatic carbocycles. The second-order valence-corrected chi connectivity index (χ2v) is 3.20. The molecular weight excluding hydrogens is 180 g/mol. The Bertz CT molecular complexity index is 289. The minimum atomic E-state index is -0.414. The van der Waals surface area contributed by atoms with E-state index in [-0.39, 0.29) is 17.7 Å². The molecule has 0 aromatic rings. The number of ketones is 1. The molecule has 0 N–H and O–H groups in total. The fourth-order valence-corrected chi connectivity index (χ4v) is 1.37. The lowest BCUT2D eigenvalue weighted by atomic mass is 10.0. The Morgan fingerprint density at radius 3 is 2.93 bits per heavy atom. The van der Waals surface area contributed by atoms with E-state index < -0.39 is 6.10 Å². The molecule has 2 atom stereocenters. The highest BCUT2D eigenvalue weighted by molar-refractivity contribution is 5.96. The average Bonchev–Trinajstić information content (AvgIpc) is 2.44. The molecule has 3 heteroatoms. The van der Waals surface area contributed by atoms with Crippen LogP contribution in [0.4, 0.5) is 0 Å². The third kappa shape index (κ3) is 2.55. The monoisotopic (exact) mass is 194 g/mol. The van der Waals surface area contributed by atoms with Crippen molar-refractivity contribution >= 4 is 11.8 Å². The Morgan fingerprint density at radius 2 is 2.36 bits per heavy atom. The van der Waals surface area contributed by atoms with Crippen molar-refractivity contribution < 1.29 is 14.3 Å². The van der Waals surface area contributed by atoms with E-state index in [2.05, 4.69) is 0 Å². The van der Waals surface area contributed by atoms with Crippen LogP contribution in [0.15, 0.2) is 24.3 Å². The van der Waals surface area contributed by atoms with Crippen LogP contribution < -0.4 is 0 Å². The van der Waals surface area contributed by atoms with Crippen LogP contribution in [0, 0.1) is 5.92 Å². The molecule has 1 rings (SSSR count). The van der Waals surface area contributed by atoms with Crippen LogP contribution in [-0.2, 0) is 14.3 Å². The Balaban J connectivity index is 2.65. The molecule has 76 valence electrons. The van der Waals surface area contributed by atoms with Crippen molar-refractivity contribution in [3.05, 3.63) is 24.3 Å². The summed E-state index contributed by atoms with van der Waals surface area (Å²) in [6, 6.07) is 0. The highest BCUT2D eigenvalue weighted by Crippen LogP contribution is 2.20. The molecule has 0 aromatic carbocycles. The van der Waals surface area contributed by atoms with E-state index in [1.165, 1.54) is 13.0 Å². The summed E-state index contributed by atoms with van der Waals surface area (Å²) < 4.78 is 4.99. The van der Waals surface area contributed by atoms with Crippen LogP contribution in [-0.4, -0.2) is 17.9 Å². The van der Waals surface area contributed by atoms with Crippen molar-refractivity contribution in [2.24, 2.45) is 5.92 Å². The van der Waals surface area contributed by atoms with Gasteiger partial charge in [-0.25, -0.2) is 0 Å². The summed E-state index contributed by atoms with van der Waals surface area (Å²) >= 11 is 0. The van der Waals surface area contributed by atoms with Gasteiger partial charge in [-0.15, -0.1) is 0 Å². The van der Waals surface area contributed by atoms with Gasteiger partial charge in [0.05, 0.1) is 5.92 Å². The Morgan fingerprint density at radius 1 is 1.64 bits per heavy atom. The summed E-state index contributed by atoms with van der Waals surface area (Å²) in [5, 5.41) is 0. The zero-order valence-corrected chi connectivity index (χ0v) is 8.40. The molecule has 2 unspecified atom stereocenters. The molecule has 1 aliphatic rings. The van der Waals surface area contributed by atoms with Crippen LogP contribution in [0.5, 0.6) is 0 Å². The van der Waals surface area contributed by atoms with Crippen LogP contribution in [0.2, 0.25) is 0 Å². The third-order valence-electron chi connectivity index (χ3n) is 2.01. The first-order valence-electron chi connectivity index (χ1n) is 4.71. The number of allylic oxidation sites excluding steroid dienone is 2. The maximum absolute atomic E-state index is 11.3. The summed E-state index contributed by atoms with van der Waals surface area (Å²) in [6.45, 7) is 3.33. The lowest BCUT2D eigenvalue weighted by molar-refractivity contribution is -0.145. The highest BCUT2D eigenvalue weighted by atomic mass is 16.5. The Hall–Kier alpha value is -1.38. The normalized spacial score (nSPS) is 26.0. The molecule has 0 saturated heterocycles. The molecule has 0 fully saturated rings. The first-order chi connectivity index (χ1) is 6.65. The van der Waals surface area contributed by atoms with Gasteiger partial charge < -0.3 is 4.74 Å². The van der Waals surface area contributed by atoms with Crippen LogP contribution in [0.3, 0.4) is 0 Å². The quantitative estimate of drug-likeness (QED) is 0.506. The second kappa shape index (κ2) is 4.74. The first-order valence-corrected chi connectivity index (χ1v) is 4.71. The van der Waals surface area contributed by atoms with Gasteiger partial charge in [-0.05, 0) is 18.6 Å². The van der Waals surface area contributed by atoms with Gasteiger partial charge >= 0.3 is 5.97 Å². The van der Waals surface area contributed by atoms with Crippen molar-refractivity contribution in [2.45, 2.75) is 26.4 Å². The molecule has 3 nitrogen and oxygen atoms in total. The van der Waals surface area contributed by atoms with Crippen LogP contribution in [0.1, 0.15) is 20.3 Å². The zero-order chi connectivity index (χ0) is 10.6. The fraction of sp³-hybridized carbons (Fsp3) is 0.455. The topological polar surface area (TPSA) is 43.4 Å². The van der Waals surface area contributed by atoms with Gasteiger partial charge in [0.1, 0.15) is 6.10 Å². The molecule has 0 aromatic heterocycles. The van der Waals surface area contributed by atoms with E-state index in [9.17, 15) is 9.59 Å². The van der Waals surface area contributed by atoms with E-state index in [1.807, 2.05) is 13.0 Å². The van der Waals surface area contributed by atoms with Gasteiger partial charge in [0.15, 0.2) is 5.78 Å². The maximum atomic E-state index is 11.3. The number of ether oxygens (including phenoxy) is 1. The minimum Gasteiger partial charge on any atom is -0.457 e. The molecule has 0 bridgehead atoms. The maximum Gasteiger partial charge on any atom is 0.303 e. The summed E-state index contributed by atoms with van der Waals surface area (Å²) in [4.78, 5) is 22.1. The number of hydrogen-bond donors (Lipinski definition) is 0. The molecule has 0 saturated carbocycles. The van der Waals surface area contributed by atoms with Crippen LogP contribution in [0.25, 0.3) is 0 Å². The zero-order valence-electron chi connectivity index (χ0n) is 8.40. The first kappa shape index (κ1) is 10.7. The summed E-state index contributed by atoms with van der Waals surface area (Å²) in [5.41, 5.74) is 0. The Kier molecular flexibility index (Phi) is 3.63.